The van der Waals surface area contributed by atoms with Gasteiger partial charge in [-0.2, -0.15) is 0 Å². The average Bonchev–Trinajstić information content (AvgIpc) is 2.73. The van der Waals surface area contributed by atoms with E-state index in [0.717, 1.165) is 25.7 Å². The van der Waals surface area contributed by atoms with Crippen LogP contribution in [-0.4, -0.2) is 49.1 Å². The van der Waals surface area contributed by atoms with Gasteiger partial charge in [0.25, 0.3) is 10.0 Å². The summed E-state index contributed by atoms with van der Waals surface area (Å²) in [6, 6.07) is 8.66. The largest absolute Gasteiger partial charge is 0.493 e. The summed E-state index contributed by atoms with van der Waals surface area (Å²) in [5.41, 5.74) is 0.486. The monoisotopic (exact) mass is 449 g/mol. The summed E-state index contributed by atoms with van der Waals surface area (Å²) in [5, 5.41) is 0.249. The first-order valence-corrected chi connectivity index (χ1v) is 12.0. The molecule has 158 valence electrons. The quantitative estimate of drug-likeness (QED) is 0.707. The first-order chi connectivity index (χ1) is 14.4. The molecule has 2 aromatic rings. The molecule has 0 spiro atoms. The maximum absolute atomic E-state index is 14.1. The molecular weight excluding hydrogens is 429 g/mol. The molecule has 0 N–H and O–H groups in total. The molecule has 3 aliphatic heterocycles. The fourth-order valence-corrected chi connectivity index (χ4v) is 5.99. The second-order valence-corrected chi connectivity index (χ2v) is 10.4. The number of aromatic nitrogens is 1. The molecule has 0 radical (unpaired) electrons. The van der Waals surface area contributed by atoms with Crippen LogP contribution in [0.2, 0.25) is 5.02 Å². The molecule has 30 heavy (non-hydrogen) atoms. The van der Waals surface area contributed by atoms with E-state index in [2.05, 4.69) is 14.3 Å². The summed E-state index contributed by atoms with van der Waals surface area (Å²) in [6.45, 7) is 0.888. The first kappa shape index (κ1) is 19.8. The van der Waals surface area contributed by atoms with Crippen molar-refractivity contribution in [2.24, 2.45) is 9.81 Å². The number of hydrogen-bond acceptors (Lipinski definition) is 5. The second kappa shape index (κ2) is 7.20. The Morgan fingerprint density at radius 3 is 2.67 bits per heavy atom. The Labute approximate surface area is 179 Å². The van der Waals surface area contributed by atoms with Gasteiger partial charge in [0.15, 0.2) is 5.82 Å². The Hall–Kier alpha value is -2.19. The summed E-state index contributed by atoms with van der Waals surface area (Å²) in [5.74, 6) is 0.924. The van der Waals surface area contributed by atoms with Crippen molar-refractivity contribution in [2.45, 2.75) is 31.7 Å². The molecule has 6 nitrogen and oxygen atoms in total. The van der Waals surface area contributed by atoms with Gasteiger partial charge in [-0.25, -0.2) is 12.8 Å². The van der Waals surface area contributed by atoms with Gasteiger partial charge in [0, 0.05) is 24.3 Å². The van der Waals surface area contributed by atoms with Crippen molar-refractivity contribution >= 4 is 27.5 Å². The van der Waals surface area contributed by atoms with Crippen LogP contribution in [0, 0.1) is 11.2 Å². The zero-order valence-corrected chi connectivity index (χ0v) is 17.8. The number of benzene rings is 1. The molecule has 3 fully saturated rings. The SMILES string of the molecule is O=S1(=O)CCN2C(=N1)C1(COc3ccc(-c4ncc(Cl)cc4F)cc3)CCC2CC1. The topological polar surface area (TPSA) is 71.9 Å². The summed E-state index contributed by atoms with van der Waals surface area (Å²) < 4.78 is 48.6. The number of halogens is 2. The Kier molecular flexibility index (Phi) is 4.74. The number of hydrogen-bond donors (Lipinski definition) is 0. The first-order valence-electron chi connectivity index (χ1n) is 9.99. The number of fused-ring (bicyclic) bond motifs is 2. The van der Waals surface area contributed by atoms with Gasteiger partial charge in [-0.05, 0) is 56.0 Å². The highest BCUT2D eigenvalue weighted by Crippen LogP contribution is 2.47. The number of pyridine rings is 1. The fourth-order valence-electron chi connectivity index (χ4n) is 4.76. The van der Waals surface area contributed by atoms with Gasteiger partial charge in [0.1, 0.15) is 23.9 Å². The molecule has 0 atom stereocenters. The smallest absolute Gasteiger partial charge is 0.256 e. The van der Waals surface area contributed by atoms with Crippen LogP contribution < -0.4 is 4.74 Å². The van der Waals surface area contributed by atoms with Gasteiger partial charge in [0.05, 0.1) is 16.2 Å². The summed E-state index contributed by atoms with van der Waals surface area (Å²) in [7, 11) is -3.40. The fraction of sp³-hybridized carbons (Fsp3) is 0.429. The van der Waals surface area contributed by atoms with Crippen LogP contribution in [0.3, 0.4) is 0 Å². The van der Waals surface area contributed by atoms with Crippen LogP contribution in [0.4, 0.5) is 4.39 Å². The van der Waals surface area contributed by atoms with Crippen molar-refractivity contribution in [2.75, 3.05) is 18.9 Å². The maximum Gasteiger partial charge on any atom is 0.256 e. The molecule has 1 aliphatic carbocycles. The van der Waals surface area contributed by atoms with Crippen molar-refractivity contribution in [1.29, 1.82) is 0 Å². The predicted octanol–water partition coefficient (Wildman–Crippen LogP) is 3.91. The molecule has 4 aliphatic rings. The third kappa shape index (κ3) is 3.46. The number of ether oxygens (including phenoxy) is 1. The highest BCUT2D eigenvalue weighted by Gasteiger charge is 2.52. The number of piperidine rings is 2. The van der Waals surface area contributed by atoms with Gasteiger partial charge < -0.3 is 9.64 Å². The molecule has 2 bridgehead atoms. The predicted molar refractivity (Wildman–Crippen MR) is 113 cm³/mol. The van der Waals surface area contributed by atoms with Crippen LogP contribution in [0.5, 0.6) is 5.75 Å². The van der Waals surface area contributed by atoms with E-state index in [-0.39, 0.29) is 21.9 Å². The van der Waals surface area contributed by atoms with E-state index >= 15 is 0 Å². The van der Waals surface area contributed by atoms with E-state index in [1.54, 1.807) is 24.3 Å². The molecule has 0 amide bonds. The lowest BCUT2D eigenvalue weighted by Crippen LogP contribution is -2.62. The van der Waals surface area contributed by atoms with Crippen LogP contribution in [0.15, 0.2) is 40.9 Å². The molecule has 9 heteroatoms. The summed E-state index contributed by atoms with van der Waals surface area (Å²) in [4.78, 5) is 6.24. The van der Waals surface area contributed by atoms with Crippen LogP contribution in [0.1, 0.15) is 25.7 Å². The number of amidine groups is 1. The molecule has 4 heterocycles. The Balaban J connectivity index is 1.36. The van der Waals surface area contributed by atoms with Gasteiger partial charge in [-0.3, -0.25) is 4.98 Å². The van der Waals surface area contributed by atoms with Crippen molar-refractivity contribution in [1.82, 2.24) is 9.88 Å². The lowest BCUT2D eigenvalue weighted by molar-refractivity contribution is 0.0657. The highest BCUT2D eigenvalue weighted by molar-refractivity contribution is 7.90. The van der Waals surface area contributed by atoms with E-state index in [4.69, 9.17) is 16.3 Å². The van der Waals surface area contributed by atoms with E-state index in [0.29, 0.717) is 36.3 Å². The Morgan fingerprint density at radius 1 is 1.23 bits per heavy atom. The molecule has 1 aromatic carbocycles. The summed E-state index contributed by atoms with van der Waals surface area (Å²) >= 11 is 5.77. The van der Waals surface area contributed by atoms with Crippen molar-refractivity contribution in [3.8, 4) is 17.0 Å². The third-order valence-corrected chi connectivity index (χ3v) is 7.72. The lowest BCUT2D eigenvalue weighted by Gasteiger charge is -2.54. The van der Waals surface area contributed by atoms with E-state index in [1.165, 1.54) is 12.3 Å². The van der Waals surface area contributed by atoms with Crippen molar-refractivity contribution in [3.05, 3.63) is 47.4 Å². The van der Waals surface area contributed by atoms with Crippen LogP contribution >= 0.6 is 11.6 Å². The van der Waals surface area contributed by atoms with Gasteiger partial charge in [-0.15, -0.1) is 4.40 Å². The maximum atomic E-state index is 14.1. The number of nitrogens with zero attached hydrogens (tertiary/aromatic N) is 3. The minimum absolute atomic E-state index is 0.0840. The van der Waals surface area contributed by atoms with Gasteiger partial charge in [0.2, 0.25) is 0 Å². The Bertz CT molecular complexity index is 1110. The number of sulfonamides is 1. The van der Waals surface area contributed by atoms with Crippen molar-refractivity contribution in [3.63, 3.8) is 0 Å². The number of rotatable bonds is 4. The van der Waals surface area contributed by atoms with Crippen LogP contribution in [-0.2, 0) is 10.0 Å². The second-order valence-electron chi connectivity index (χ2n) is 8.20. The molecule has 1 aromatic heterocycles. The van der Waals surface area contributed by atoms with E-state index in [1.807, 2.05) is 0 Å². The van der Waals surface area contributed by atoms with Crippen molar-refractivity contribution < 1.29 is 17.5 Å². The zero-order valence-electron chi connectivity index (χ0n) is 16.2. The minimum atomic E-state index is -3.40. The summed E-state index contributed by atoms with van der Waals surface area (Å²) in [6.07, 6.45) is 5.22. The van der Waals surface area contributed by atoms with E-state index in [9.17, 15) is 12.8 Å². The minimum Gasteiger partial charge on any atom is -0.493 e. The van der Waals surface area contributed by atoms with E-state index < -0.39 is 15.8 Å². The van der Waals surface area contributed by atoms with Gasteiger partial charge >= 0.3 is 0 Å². The lowest BCUT2D eigenvalue weighted by atomic mass is 9.67. The standard InChI is InChI=1S/C21H21ClFN3O3S/c22-15-11-18(23)19(24-12-15)14-1-3-17(4-2-14)29-13-21-7-5-16(6-8-21)26-9-10-30(27,28)25-20(21)26/h1-4,11-12,16H,5-10,13H2. The molecule has 2 saturated heterocycles. The third-order valence-electron chi connectivity index (χ3n) is 6.37. The highest BCUT2D eigenvalue weighted by atomic mass is 35.5. The molecular formula is C21H21ClFN3O3S. The zero-order chi connectivity index (χ0) is 20.9. The molecule has 6 rings (SSSR count). The average molecular weight is 450 g/mol. The van der Waals surface area contributed by atoms with Gasteiger partial charge in [-0.1, -0.05) is 11.6 Å². The molecule has 1 saturated carbocycles. The van der Waals surface area contributed by atoms with Crippen LogP contribution in [0.25, 0.3) is 11.3 Å². The molecule has 0 unspecified atom stereocenters. The normalized spacial score (nSPS) is 26.8. The Morgan fingerprint density at radius 2 is 1.97 bits per heavy atom.